The topological polar surface area (TPSA) is 48.5 Å². The van der Waals surface area contributed by atoms with Crippen LogP contribution in [-0.4, -0.2) is 49.0 Å². The summed E-state index contributed by atoms with van der Waals surface area (Å²) < 4.78 is 0. The smallest absolute Gasteiger partial charge is 0.241 e. The Balaban J connectivity index is 2.06. The number of nitrogens with zero attached hydrogens (tertiary/aromatic N) is 3. The summed E-state index contributed by atoms with van der Waals surface area (Å²) in [5.41, 5.74) is 1.06. The molecule has 0 unspecified atom stereocenters. The van der Waals surface area contributed by atoms with Gasteiger partial charge in [-0.1, -0.05) is 6.92 Å². The molecular formula is C13H20N4O. The molecule has 1 aliphatic rings. The molecule has 0 radical (unpaired) electrons. The molecule has 0 spiro atoms. The Labute approximate surface area is 108 Å². The third kappa shape index (κ3) is 2.91. The molecule has 18 heavy (non-hydrogen) atoms. The Morgan fingerprint density at radius 2 is 2.28 bits per heavy atom. The van der Waals surface area contributed by atoms with Gasteiger partial charge in [-0.2, -0.15) is 0 Å². The zero-order valence-electron chi connectivity index (χ0n) is 11.0. The Bertz CT molecular complexity index is 421. The van der Waals surface area contributed by atoms with Gasteiger partial charge in [0.1, 0.15) is 5.82 Å². The first-order chi connectivity index (χ1) is 8.70. The number of hydrogen-bond donors (Lipinski definition) is 1. The van der Waals surface area contributed by atoms with Crippen LogP contribution in [0.1, 0.15) is 13.3 Å². The lowest BCUT2D eigenvalue weighted by atomic mass is 10.2. The number of hydrogen-bond acceptors (Lipinski definition) is 4. The van der Waals surface area contributed by atoms with Crippen LogP contribution in [0, 0.1) is 0 Å². The molecule has 2 rings (SSSR count). The van der Waals surface area contributed by atoms with Gasteiger partial charge in [0.15, 0.2) is 0 Å². The van der Waals surface area contributed by atoms with Gasteiger partial charge >= 0.3 is 0 Å². The highest BCUT2D eigenvalue weighted by Gasteiger charge is 2.21. The van der Waals surface area contributed by atoms with Crippen molar-refractivity contribution in [3.63, 3.8) is 0 Å². The molecule has 5 heteroatoms. The van der Waals surface area contributed by atoms with Crippen LogP contribution in [0.5, 0.6) is 0 Å². The van der Waals surface area contributed by atoms with E-state index in [0.29, 0.717) is 6.54 Å². The Kier molecular flexibility index (Phi) is 4.02. The van der Waals surface area contributed by atoms with Crippen molar-refractivity contribution < 1.29 is 4.79 Å². The SMILES string of the molecule is CCCNc1cc(N2CCN(C)C(=O)C2)ccn1. The summed E-state index contributed by atoms with van der Waals surface area (Å²) in [4.78, 5) is 19.8. The third-order valence-electron chi connectivity index (χ3n) is 3.12. The normalized spacial score (nSPS) is 16.0. The predicted octanol–water partition coefficient (Wildman–Crippen LogP) is 1.18. The van der Waals surface area contributed by atoms with E-state index in [0.717, 1.165) is 37.6 Å². The maximum Gasteiger partial charge on any atom is 0.241 e. The first kappa shape index (κ1) is 12.7. The highest BCUT2D eigenvalue weighted by Crippen LogP contribution is 2.19. The summed E-state index contributed by atoms with van der Waals surface area (Å²) in [5, 5.41) is 3.26. The van der Waals surface area contributed by atoms with Crippen molar-refractivity contribution in [2.75, 3.05) is 43.4 Å². The van der Waals surface area contributed by atoms with E-state index in [1.165, 1.54) is 0 Å². The van der Waals surface area contributed by atoms with Crippen molar-refractivity contribution in [3.8, 4) is 0 Å². The zero-order valence-corrected chi connectivity index (χ0v) is 11.0. The Hall–Kier alpha value is -1.78. The van der Waals surface area contributed by atoms with Crippen LogP contribution >= 0.6 is 0 Å². The lowest BCUT2D eigenvalue weighted by Gasteiger charge is -2.33. The van der Waals surface area contributed by atoms with Crippen molar-refractivity contribution in [2.24, 2.45) is 0 Å². The van der Waals surface area contributed by atoms with Crippen LogP contribution in [-0.2, 0) is 4.79 Å². The maximum absolute atomic E-state index is 11.7. The highest BCUT2D eigenvalue weighted by atomic mass is 16.2. The number of anilines is 2. The van der Waals surface area contributed by atoms with Crippen molar-refractivity contribution in [2.45, 2.75) is 13.3 Å². The molecule has 0 aromatic carbocycles. The van der Waals surface area contributed by atoms with Crippen molar-refractivity contribution in [1.29, 1.82) is 0 Å². The van der Waals surface area contributed by atoms with Gasteiger partial charge in [-0.05, 0) is 12.5 Å². The maximum atomic E-state index is 11.7. The molecule has 1 aromatic rings. The van der Waals surface area contributed by atoms with E-state index < -0.39 is 0 Å². The molecule has 1 N–H and O–H groups in total. The summed E-state index contributed by atoms with van der Waals surface area (Å²) in [6.07, 6.45) is 2.86. The Morgan fingerprint density at radius 3 is 3.00 bits per heavy atom. The van der Waals surface area contributed by atoms with Gasteiger partial charge in [-0.15, -0.1) is 0 Å². The first-order valence-corrected chi connectivity index (χ1v) is 6.39. The van der Waals surface area contributed by atoms with E-state index >= 15 is 0 Å². The van der Waals surface area contributed by atoms with Gasteiger partial charge < -0.3 is 15.1 Å². The predicted molar refractivity (Wildman–Crippen MR) is 72.9 cm³/mol. The molecular weight excluding hydrogens is 228 g/mol. The third-order valence-corrected chi connectivity index (χ3v) is 3.12. The summed E-state index contributed by atoms with van der Waals surface area (Å²) in [5.74, 6) is 1.04. The van der Waals surface area contributed by atoms with E-state index in [1.807, 2.05) is 19.2 Å². The van der Waals surface area contributed by atoms with E-state index in [1.54, 1.807) is 11.1 Å². The second-order valence-corrected chi connectivity index (χ2v) is 4.56. The fourth-order valence-electron chi connectivity index (χ4n) is 1.94. The minimum Gasteiger partial charge on any atom is -0.370 e. The molecule has 0 saturated carbocycles. The fraction of sp³-hybridized carbons (Fsp3) is 0.538. The molecule has 0 bridgehead atoms. The molecule has 0 aliphatic carbocycles. The van der Waals surface area contributed by atoms with Crippen LogP contribution in [0.4, 0.5) is 11.5 Å². The summed E-state index contributed by atoms with van der Waals surface area (Å²) in [7, 11) is 1.85. The average Bonchev–Trinajstić information content (AvgIpc) is 2.40. The number of likely N-dealkylation sites (N-methyl/N-ethyl adjacent to an activating group) is 1. The number of aromatic nitrogens is 1. The molecule has 1 aliphatic heterocycles. The molecule has 1 saturated heterocycles. The Morgan fingerprint density at radius 1 is 1.44 bits per heavy atom. The number of nitrogens with one attached hydrogen (secondary N) is 1. The minimum atomic E-state index is 0.168. The number of pyridine rings is 1. The van der Waals surface area contributed by atoms with E-state index in [2.05, 4.69) is 22.1 Å². The average molecular weight is 248 g/mol. The van der Waals surface area contributed by atoms with Gasteiger partial charge in [-0.3, -0.25) is 4.79 Å². The largest absolute Gasteiger partial charge is 0.370 e. The van der Waals surface area contributed by atoms with E-state index in [-0.39, 0.29) is 5.91 Å². The van der Waals surface area contributed by atoms with Crippen LogP contribution in [0.2, 0.25) is 0 Å². The van der Waals surface area contributed by atoms with E-state index in [9.17, 15) is 4.79 Å². The number of amides is 1. The highest BCUT2D eigenvalue weighted by molar-refractivity contribution is 5.82. The molecule has 0 atom stereocenters. The van der Waals surface area contributed by atoms with Crippen molar-refractivity contribution in [1.82, 2.24) is 9.88 Å². The van der Waals surface area contributed by atoms with Gasteiger partial charge in [0.2, 0.25) is 5.91 Å². The van der Waals surface area contributed by atoms with Crippen LogP contribution in [0.3, 0.4) is 0 Å². The van der Waals surface area contributed by atoms with Crippen molar-refractivity contribution in [3.05, 3.63) is 18.3 Å². The van der Waals surface area contributed by atoms with Crippen LogP contribution in [0.25, 0.3) is 0 Å². The summed E-state index contributed by atoms with van der Waals surface area (Å²) in [6.45, 7) is 5.14. The van der Waals surface area contributed by atoms with Crippen LogP contribution in [0.15, 0.2) is 18.3 Å². The number of carbonyl (C=O) groups excluding carboxylic acids is 1. The van der Waals surface area contributed by atoms with Crippen molar-refractivity contribution >= 4 is 17.4 Å². The lowest BCUT2D eigenvalue weighted by Crippen LogP contribution is -2.48. The quantitative estimate of drug-likeness (QED) is 0.869. The molecule has 98 valence electrons. The number of piperazine rings is 1. The van der Waals surface area contributed by atoms with Gasteiger partial charge in [0.25, 0.3) is 0 Å². The summed E-state index contributed by atoms with van der Waals surface area (Å²) >= 11 is 0. The minimum absolute atomic E-state index is 0.168. The summed E-state index contributed by atoms with van der Waals surface area (Å²) in [6, 6.07) is 3.96. The van der Waals surface area contributed by atoms with Gasteiger partial charge in [0, 0.05) is 44.6 Å². The second-order valence-electron chi connectivity index (χ2n) is 4.56. The molecule has 2 heterocycles. The number of rotatable bonds is 4. The standard InChI is InChI=1S/C13H20N4O/c1-3-5-14-12-9-11(4-6-15-12)17-8-7-16(2)13(18)10-17/h4,6,9H,3,5,7-8,10H2,1-2H3,(H,14,15). The second kappa shape index (κ2) is 5.71. The monoisotopic (exact) mass is 248 g/mol. The molecule has 5 nitrogen and oxygen atoms in total. The molecule has 1 fully saturated rings. The zero-order chi connectivity index (χ0) is 13.0. The first-order valence-electron chi connectivity index (χ1n) is 6.39. The van der Waals surface area contributed by atoms with E-state index in [4.69, 9.17) is 0 Å². The number of carbonyl (C=O) groups is 1. The molecule has 1 aromatic heterocycles. The molecule has 1 amide bonds. The lowest BCUT2D eigenvalue weighted by molar-refractivity contribution is -0.129. The van der Waals surface area contributed by atoms with Gasteiger partial charge in [0.05, 0.1) is 6.54 Å². The van der Waals surface area contributed by atoms with Crippen LogP contribution < -0.4 is 10.2 Å². The fourth-order valence-corrected chi connectivity index (χ4v) is 1.94. The van der Waals surface area contributed by atoms with Gasteiger partial charge in [-0.25, -0.2) is 4.98 Å².